The Morgan fingerprint density at radius 1 is 1.00 bits per heavy atom. The fourth-order valence-corrected chi connectivity index (χ4v) is 5.96. The number of amides is 3. The van der Waals surface area contributed by atoms with E-state index >= 15 is 0 Å². The number of nitrogens with zero attached hydrogens (tertiary/aromatic N) is 2. The van der Waals surface area contributed by atoms with Crippen molar-refractivity contribution in [3.8, 4) is 5.75 Å². The van der Waals surface area contributed by atoms with Gasteiger partial charge in [-0.1, -0.05) is 26.0 Å². The summed E-state index contributed by atoms with van der Waals surface area (Å²) >= 11 is 0. The number of piperazine rings is 1. The van der Waals surface area contributed by atoms with Gasteiger partial charge in [-0.05, 0) is 91.8 Å². The number of carbonyl (C=O) groups is 3. The molecular formula is C36H44F2N4O4. The lowest BCUT2D eigenvalue weighted by Gasteiger charge is -2.35. The van der Waals surface area contributed by atoms with Crippen molar-refractivity contribution in [1.82, 2.24) is 20.4 Å². The summed E-state index contributed by atoms with van der Waals surface area (Å²) in [4.78, 5) is 44.2. The van der Waals surface area contributed by atoms with Crippen molar-refractivity contribution in [3.63, 3.8) is 0 Å². The van der Waals surface area contributed by atoms with Crippen molar-refractivity contribution in [1.29, 1.82) is 0 Å². The van der Waals surface area contributed by atoms with E-state index in [9.17, 15) is 23.2 Å². The summed E-state index contributed by atoms with van der Waals surface area (Å²) in [6.07, 6.45) is 1.92. The molecule has 0 bridgehead atoms. The van der Waals surface area contributed by atoms with E-state index in [2.05, 4.69) is 10.6 Å². The van der Waals surface area contributed by atoms with Crippen LogP contribution in [0, 0.1) is 18.6 Å². The zero-order valence-corrected chi connectivity index (χ0v) is 27.1. The van der Waals surface area contributed by atoms with Crippen LogP contribution in [0.5, 0.6) is 5.75 Å². The third kappa shape index (κ3) is 9.36. The third-order valence-electron chi connectivity index (χ3n) is 8.01. The molecule has 0 aliphatic carbocycles. The van der Waals surface area contributed by atoms with Gasteiger partial charge < -0.3 is 25.2 Å². The maximum absolute atomic E-state index is 14.1. The third-order valence-corrected chi connectivity index (χ3v) is 8.01. The zero-order valence-electron chi connectivity index (χ0n) is 27.1. The molecule has 2 N–H and O–H groups in total. The summed E-state index contributed by atoms with van der Waals surface area (Å²) in [5.74, 6) is -1.45. The second-order valence-electron chi connectivity index (χ2n) is 11.9. The normalized spacial score (nSPS) is 15.4. The van der Waals surface area contributed by atoms with Gasteiger partial charge in [0.2, 0.25) is 5.91 Å². The first kappa shape index (κ1) is 34.6. The topological polar surface area (TPSA) is 91.0 Å². The summed E-state index contributed by atoms with van der Waals surface area (Å²) in [7, 11) is 1.59. The van der Waals surface area contributed by atoms with Gasteiger partial charge in [0.25, 0.3) is 11.8 Å². The zero-order chi connectivity index (χ0) is 33.2. The van der Waals surface area contributed by atoms with Gasteiger partial charge in [-0.2, -0.15) is 0 Å². The van der Waals surface area contributed by atoms with E-state index in [4.69, 9.17) is 4.74 Å². The number of hydrogen-bond acceptors (Lipinski definition) is 5. The average molecular weight is 635 g/mol. The fourth-order valence-electron chi connectivity index (χ4n) is 5.96. The Bertz CT molecular complexity index is 1510. The Morgan fingerprint density at radius 3 is 2.37 bits per heavy atom. The highest BCUT2D eigenvalue weighted by Gasteiger charge is 2.31. The van der Waals surface area contributed by atoms with Crippen LogP contribution in [-0.4, -0.2) is 72.9 Å². The predicted molar refractivity (Wildman–Crippen MR) is 174 cm³/mol. The number of nitrogens with one attached hydrogen (secondary N) is 2. The van der Waals surface area contributed by atoms with Gasteiger partial charge in [-0.15, -0.1) is 0 Å². The van der Waals surface area contributed by atoms with E-state index in [0.29, 0.717) is 55.2 Å². The molecule has 0 saturated carbocycles. The van der Waals surface area contributed by atoms with Crippen LogP contribution in [-0.2, 0) is 17.8 Å². The molecule has 0 radical (unpaired) electrons. The SMILES string of the molecule is CCCN(CCC)C(=O)c1cc(C)cc(C(=O)N[C@@H](Cc2cc(F)cc(F)c2)CC2NCCN(Cc3cccc(OC)c3)C2=O)c1. The maximum Gasteiger partial charge on any atom is 0.253 e. The number of rotatable bonds is 14. The molecule has 3 aromatic rings. The average Bonchev–Trinajstić information content (AvgIpc) is 3.01. The van der Waals surface area contributed by atoms with Gasteiger partial charge in [-0.3, -0.25) is 14.4 Å². The smallest absolute Gasteiger partial charge is 0.253 e. The van der Waals surface area contributed by atoms with Crippen LogP contribution in [0.2, 0.25) is 0 Å². The summed E-state index contributed by atoms with van der Waals surface area (Å²) < 4.78 is 33.6. The molecule has 46 heavy (non-hydrogen) atoms. The Kier molecular flexibility index (Phi) is 12.3. The molecule has 4 rings (SSSR count). The number of benzene rings is 3. The minimum Gasteiger partial charge on any atom is -0.497 e. The first-order valence-corrected chi connectivity index (χ1v) is 15.9. The molecule has 10 heteroatoms. The lowest BCUT2D eigenvalue weighted by Crippen LogP contribution is -2.56. The van der Waals surface area contributed by atoms with E-state index in [1.54, 1.807) is 35.1 Å². The highest BCUT2D eigenvalue weighted by atomic mass is 19.1. The summed E-state index contributed by atoms with van der Waals surface area (Å²) in [6, 6.07) is 14.6. The van der Waals surface area contributed by atoms with Crippen LogP contribution in [0.15, 0.2) is 60.7 Å². The van der Waals surface area contributed by atoms with Crippen molar-refractivity contribution < 1.29 is 27.9 Å². The standard InChI is InChI=1S/C36H44F2N4O4/c1-5-11-41(12-6-2)35(44)28-15-24(3)14-27(20-28)34(43)40-31(18-26-16-29(37)21-30(38)17-26)22-33-36(45)42(13-10-39-33)23-25-8-7-9-32(19-25)46-4/h7-9,14-17,19-21,31,33,39H,5-6,10-13,18,22-23H2,1-4H3,(H,40,43)/t31-,33?/m0/s1. The Labute approximate surface area is 270 Å². The highest BCUT2D eigenvalue weighted by Crippen LogP contribution is 2.20. The van der Waals surface area contributed by atoms with E-state index in [1.165, 1.54) is 12.1 Å². The Morgan fingerprint density at radius 2 is 1.70 bits per heavy atom. The summed E-state index contributed by atoms with van der Waals surface area (Å²) in [5.41, 5.74) is 2.76. The first-order chi connectivity index (χ1) is 22.1. The molecule has 3 amide bonds. The van der Waals surface area contributed by atoms with Gasteiger partial charge in [-0.25, -0.2) is 8.78 Å². The van der Waals surface area contributed by atoms with E-state index in [-0.39, 0.29) is 24.7 Å². The van der Waals surface area contributed by atoms with Crippen LogP contribution >= 0.6 is 0 Å². The molecule has 2 atom stereocenters. The largest absolute Gasteiger partial charge is 0.497 e. The predicted octanol–water partition coefficient (Wildman–Crippen LogP) is 5.28. The molecular weight excluding hydrogens is 590 g/mol. The quantitative estimate of drug-likeness (QED) is 0.252. The van der Waals surface area contributed by atoms with Gasteiger partial charge in [0, 0.05) is 56.0 Å². The molecule has 1 saturated heterocycles. The van der Waals surface area contributed by atoms with Crippen molar-refractivity contribution in [2.75, 3.05) is 33.3 Å². The molecule has 1 aliphatic heterocycles. The van der Waals surface area contributed by atoms with E-state index in [0.717, 1.165) is 30.0 Å². The Hall–Kier alpha value is -4.31. The van der Waals surface area contributed by atoms with Gasteiger partial charge in [0.1, 0.15) is 17.4 Å². The monoisotopic (exact) mass is 634 g/mol. The lowest BCUT2D eigenvalue weighted by molar-refractivity contribution is -0.136. The number of ether oxygens (including phenoxy) is 1. The summed E-state index contributed by atoms with van der Waals surface area (Å²) in [5, 5.41) is 6.27. The molecule has 0 spiro atoms. The minimum atomic E-state index is -0.720. The highest BCUT2D eigenvalue weighted by molar-refractivity contribution is 6.00. The molecule has 246 valence electrons. The maximum atomic E-state index is 14.1. The fraction of sp³-hybridized carbons (Fsp3) is 0.417. The van der Waals surface area contributed by atoms with Crippen LogP contribution in [0.4, 0.5) is 8.78 Å². The number of halogens is 2. The molecule has 0 aromatic heterocycles. The van der Waals surface area contributed by atoms with Gasteiger partial charge in [0.05, 0.1) is 13.2 Å². The molecule has 1 unspecified atom stereocenters. The van der Waals surface area contributed by atoms with Gasteiger partial charge >= 0.3 is 0 Å². The minimum absolute atomic E-state index is 0.0974. The number of aryl methyl sites for hydroxylation is 1. The van der Waals surface area contributed by atoms with Crippen LogP contribution < -0.4 is 15.4 Å². The van der Waals surface area contributed by atoms with E-state index < -0.39 is 29.6 Å². The van der Waals surface area contributed by atoms with Gasteiger partial charge in [0.15, 0.2) is 0 Å². The molecule has 1 heterocycles. The van der Waals surface area contributed by atoms with E-state index in [1.807, 2.05) is 45.0 Å². The van der Waals surface area contributed by atoms with Crippen molar-refractivity contribution in [2.45, 2.75) is 65.1 Å². The summed E-state index contributed by atoms with van der Waals surface area (Å²) in [6.45, 7) is 8.53. The number of methoxy groups -OCH3 is 1. The Balaban J connectivity index is 1.56. The van der Waals surface area contributed by atoms with Crippen LogP contribution in [0.25, 0.3) is 0 Å². The van der Waals surface area contributed by atoms with Crippen molar-refractivity contribution >= 4 is 17.7 Å². The number of carbonyl (C=O) groups excluding carboxylic acids is 3. The van der Waals surface area contributed by atoms with Crippen LogP contribution in [0.3, 0.4) is 0 Å². The molecule has 3 aromatic carbocycles. The number of hydrogen-bond donors (Lipinski definition) is 2. The van der Waals surface area contributed by atoms with Crippen molar-refractivity contribution in [3.05, 3.63) is 100 Å². The molecule has 8 nitrogen and oxygen atoms in total. The first-order valence-electron chi connectivity index (χ1n) is 15.9. The second kappa shape index (κ2) is 16.3. The second-order valence-corrected chi connectivity index (χ2v) is 11.9. The lowest BCUT2D eigenvalue weighted by atomic mass is 9.96. The molecule has 1 aliphatic rings. The van der Waals surface area contributed by atoms with Crippen molar-refractivity contribution in [2.24, 2.45) is 0 Å². The molecule has 1 fully saturated rings. The van der Waals surface area contributed by atoms with Crippen LogP contribution in [0.1, 0.15) is 70.5 Å².